The summed E-state index contributed by atoms with van der Waals surface area (Å²) < 4.78 is 8.40. The fourth-order valence-corrected chi connectivity index (χ4v) is 4.39. The summed E-state index contributed by atoms with van der Waals surface area (Å²) in [6, 6.07) is 9.62. The summed E-state index contributed by atoms with van der Waals surface area (Å²) in [5.41, 5.74) is 0.891. The molecule has 2 aromatic heterocycles. The van der Waals surface area contributed by atoms with Gasteiger partial charge < -0.3 is 9.30 Å². The number of thiophene rings is 1. The molecular formula is C18H17ClN2O2S2. The maximum Gasteiger partial charge on any atom is 0.272 e. The molecule has 0 atom stereocenters. The number of carbonyl (C=O) groups excluding carboxylic acids is 1. The predicted molar refractivity (Wildman–Crippen MR) is 105 cm³/mol. The Morgan fingerprint density at radius 2 is 2.24 bits per heavy atom. The van der Waals surface area contributed by atoms with Crippen molar-refractivity contribution >= 4 is 56.5 Å². The van der Waals surface area contributed by atoms with Crippen molar-refractivity contribution in [2.45, 2.75) is 13.5 Å². The molecule has 2 heterocycles. The summed E-state index contributed by atoms with van der Waals surface area (Å²) in [5.74, 6) is -0.291. The van der Waals surface area contributed by atoms with Gasteiger partial charge in [0.05, 0.1) is 21.8 Å². The smallest absolute Gasteiger partial charge is 0.272 e. The van der Waals surface area contributed by atoms with Gasteiger partial charge in [0.25, 0.3) is 5.91 Å². The molecule has 0 saturated heterocycles. The number of rotatable bonds is 6. The zero-order valence-electron chi connectivity index (χ0n) is 13.6. The minimum Gasteiger partial charge on any atom is -0.380 e. The molecule has 0 aliphatic carbocycles. The molecule has 0 aliphatic rings. The van der Waals surface area contributed by atoms with E-state index in [0.717, 1.165) is 15.1 Å². The highest BCUT2D eigenvalue weighted by Gasteiger charge is 2.10. The van der Waals surface area contributed by atoms with Crippen LogP contribution in [0.5, 0.6) is 0 Å². The highest BCUT2D eigenvalue weighted by atomic mass is 35.5. The summed E-state index contributed by atoms with van der Waals surface area (Å²) in [7, 11) is 0. The van der Waals surface area contributed by atoms with Crippen molar-refractivity contribution in [1.29, 1.82) is 0 Å². The molecule has 0 bridgehead atoms. The quantitative estimate of drug-likeness (QED) is 0.454. The van der Waals surface area contributed by atoms with Crippen molar-refractivity contribution < 1.29 is 9.53 Å². The number of para-hydroxylation sites is 1. The van der Waals surface area contributed by atoms with Gasteiger partial charge in [0.15, 0.2) is 4.80 Å². The van der Waals surface area contributed by atoms with Crippen molar-refractivity contribution in [2.24, 2.45) is 4.99 Å². The SMILES string of the molecule is CCOCCn1c(=NC(=O)C=Cc2cccs2)sc2cccc(Cl)c21. The molecule has 0 spiro atoms. The van der Waals surface area contributed by atoms with Crippen LogP contribution in [-0.4, -0.2) is 23.7 Å². The van der Waals surface area contributed by atoms with Crippen LogP contribution in [0.3, 0.4) is 0 Å². The molecule has 1 amide bonds. The highest BCUT2D eigenvalue weighted by molar-refractivity contribution is 7.16. The van der Waals surface area contributed by atoms with Gasteiger partial charge in [-0.2, -0.15) is 4.99 Å². The fourth-order valence-electron chi connectivity index (χ4n) is 2.35. The first-order valence-corrected chi connectivity index (χ1v) is 9.92. The highest BCUT2D eigenvalue weighted by Crippen LogP contribution is 2.25. The molecule has 7 heteroatoms. The zero-order valence-corrected chi connectivity index (χ0v) is 16.0. The Morgan fingerprint density at radius 3 is 3.00 bits per heavy atom. The number of thiazole rings is 1. The molecule has 3 rings (SSSR count). The lowest BCUT2D eigenvalue weighted by Gasteiger charge is -2.06. The van der Waals surface area contributed by atoms with Crippen molar-refractivity contribution in [1.82, 2.24) is 4.57 Å². The second-order valence-electron chi connectivity index (χ2n) is 5.12. The molecule has 130 valence electrons. The Kier molecular flexibility index (Phi) is 6.20. The lowest BCUT2D eigenvalue weighted by molar-refractivity contribution is -0.113. The van der Waals surface area contributed by atoms with Gasteiger partial charge in [0, 0.05) is 24.1 Å². The molecule has 1 aromatic carbocycles. The normalized spacial score (nSPS) is 12.5. The number of halogens is 1. The fraction of sp³-hybridized carbons (Fsp3) is 0.222. The molecule has 4 nitrogen and oxygen atoms in total. The van der Waals surface area contributed by atoms with Crippen molar-refractivity contribution in [2.75, 3.05) is 13.2 Å². The Bertz CT molecular complexity index is 955. The summed E-state index contributed by atoms with van der Waals surface area (Å²) in [5, 5.41) is 2.62. The number of ether oxygens (including phenoxy) is 1. The third kappa shape index (κ3) is 4.46. The second-order valence-corrected chi connectivity index (χ2v) is 7.51. The lowest BCUT2D eigenvalue weighted by Crippen LogP contribution is -2.19. The topological polar surface area (TPSA) is 43.6 Å². The lowest BCUT2D eigenvalue weighted by atomic mass is 10.3. The van der Waals surface area contributed by atoms with Crippen molar-refractivity contribution in [3.05, 3.63) is 56.5 Å². The number of aromatic nitrogens is 1. The molecule has 0 unspecified atom stereocenters. The van der Waals surface area contributed by atoms with E-state index in [4.69, 9.17) is 16.3 Å². The summed E-state index contributed by atoms with van der Waals surface area (Å²) in [4.78, 5) is 18.1. The van der Waals surface area contributed by atoms with E-state index in [1.807, 2.05) is 47.2 Å². The molecule has 3 aromatic rings. The zero-order chi connectivity index (χ0) is 17.6. The van der Waals surface area contributed by atoms with Crippen molar-refractivity contribution in [3.63, 3.8) is 0 Å². The Balaban J connectivity index is 1.97. The molecular weight excluding hydrogens is 376 g/mol. The largest absolute Gasteiger partial charge is 0.380 e. The second kappa shape index (κ2) is 8.58. The van der Waals surface area contributed by atoms with E-state index < -0.39 is 0 Å². The molecule has 0 aliphatic heterocycles. The van der Waals surface area contributed by atoms with Crippen LogP contribution < -0.4 is 4.80 Å². The van der Waals surface area contributed by atoms with Gasteiger partial charge >= 0.3 is 0 Å². The third-order valence-corrected chi connectivity index (χ3v) is 5.64. The van der Waals surface area contributed by atoms with Crippen molar-refractivity contribution in [3.8, 4) is 0 Å². The molecule has 0 saturated carbocycles. The first kappa shape index (κ1) is 18.1. The standard InChI is InChI=1S/C18H17ClN2O2S2/c1-2-23-11-10-21-17-14(19)6-3-7-15(17)25-18(21)20-16(22)9-8-13-5-4-12-24-13/h3-9,12H,2,10-11H2,1H3. The molecule has 0 fully saturated rings. The van der Waals surface area contributed by atoms with Crippen LogP contribution in [0.15, 0.2) is 46.8 Å². The van der Waals surface area contributed by atoms with Gasteiger partial charge in [-0.15, -0.1) is 11.3 Å². The average Bonchev–Trinajstić information content (AvgIpc) is 3.22. The van der Waals surface area contributed by atoms with Gasteiger partial charge in [-0.1, -0.05) is 35.1 Å². The summed E-state index contributed by atoms with van der Waals surface area (Å²) in [6.45, 7) is 3.73. The number of amides is 1. The molecule has 25 heavy (non-hydrogen) atoms. The minimum atomic E-state index is -0.291. The number of hydrogen-bond donors (Lipinski definition) is 0. The molecule has 0 radical (unpaired) electrons. The number of benzene rings is 1. The van der Waals surface area contributed by atoms with Crippen LogP contribution in [0.2, 0.25) is 5.02 Å². The Hall–Kier alpha value is -1.73. The van der Waals surface area contributed by atoms with Crippen LogP contribution in [0.4, 0.5) is 0 Å². The maximum absolute atomic E-state index is 12.2. The van der Waals surface area contributed by atoms with Crippen LogP contribution >= 0.6 is 34.3 Å². The number of nitrogens with zero attached hydrogens (tertiary/aromatic N) is 2. The summed E-state index contributed by atoms with van der Waals surface area (Å²) in [6.07, 6.45) is 3.27. The number of carbonyl (C=O) groups is 1. The van der Waals surface area contributed by atoms with E-state index in [0.29, 0.717) is 29.6 Å². The van der Waals surface area contributed by atoms with Gasteiger partial charge in [0.1, 0.15) is 0 Å². The van der Waals surface area contributed by atoms with Crippen LogP contribution in [0.1, 0.15) is 11.8 Å². The Labute approximate surface area is 158 Å². The Morgan fingerprint density at radius 1 is 1.36 bits per heavy atom. The average molecular weight is 393 g/mol. The predicted octanol–water partition coefficient (Wildman–Crippen LogP) is 4.59. The monoisotopic (exact) mass is 392 g/mol. The first-order valence-electron chi connectivity index (χ1n) is 7.85. The van der Waals surface area contributed by atoms with Gasteiger partial charge in [0.2, 0.25) is 0 Å². The summed E-state index contributed by atoms with van der Waals surface area (Å²) >= 11 is 9.39. The number of hydrogen-bond acceptors (Lipinski definition) is 4. The van der Waals surface area contributed by atoms with E-state index in [9.17, 15) is 4.79 Å². The van der Waals surface area contributed by atoms with Crippen LogP contribution in [-0.2, 0) is 16.1 Å². The maximum atomic E-state index is 12.2. The van der Waals surface area contributed by atoms with Gasteiger partial charge in [-0.25, -0.2) is 0 Å². The van der Waals surface area contributed by atoms with E-state index in [2.05, 4.69) is 4.99 Å². The van der Waals surface area contributed by atoms with Gasteiger partial charge in [-0.3, -0.25) is 4.79 Å². The van der Waals surface area contributed by atoms with Crippen LogP contribution in [0, 0.1) is 0 Å². The third-order valence-electron chi connectivity index (χ3n) is 3.45. The first-order chi connectivity index (χ1) is 12.2. The van der Waals surface area contributed by atoms with E-state index >= 15 is 0 Å². The minimum absolute atomic E-state index is 0.291. The van der Waals surface area contributed by atoms with E-state index in [1.165, 1.54) is 17.4 Å². The van der Waals surface area contributed by atoms with Crippen LogP contribution in [0.25, 0.3) is 16.3 Å². The number of fused-ring (bicyclic) bond motifs is 1. The van der Waals surface area contributed by atoms with E-state index in [-0.39, 0.29) is 5.91 Å². The molecule has 0 N–H and O–H groups in total. The van der Waals surface area contributed by atoms with E-state index in [1.54, 1.807) is 17.4 Å². The van der Waals surface area contributed by atoms with Gasteiger partial charge in [-0.05, 0) is 36.6 Å².